The number of carbonyl (C=O) groups is 3. The normalized spacial score (nSPS) is 21.3. The maximum absolute atomic E-state index is 12.7. The van der Waals surface area contributed by atoms with Crippen molar-refractivity contribution in [1.82, 2.24) is 9.80 Å². The van der Waals surface area contributed by atoms with Crippen molar-refractivity contribution in [2.75, 3.05) is 37.6 Å². The summed E-state index contributed by atoms with van der Waals surface area (Å²) in [4.78, 5) is 41.6. The lowest BCUT2D eigenvalue weighted by atomic mass is 10.1. The van der Waals surface area contributed by atoms with E-state index in [9.17, 15) is 14.4 Å². The molecule has 1 aromatic rings. The van der Waals surface area contributed by atoms with E-state index in [0.717, 1.165) is 11.3 Å². The maximum atomic E-state index is 12.7. The van der Waals surface area contributed by atoms with Crippen molar-refractivity contribution in [3.63, 3.8) is 0 Å². The number of carbonyl (C=O) groups excluding carboxylic acids is 3. The van der Waals surface area contributed by atoms with Crippen LogP contribution in [0.1, 0.15) is 18.9 Å². The number of amides is 3. The van der Waals surface area contributed by atoms with E-state index in [1.54, 1.807) is 21.6 Å². The van der Waals surface area contributed by atoms with Crippen molar-refractivity contribution in [3.05, 3.63) is 29.8 Å². The van der Waals surface area contributed by atoms with E-state index in [4.69, 9.17) is 0 Å². The molecule has 3 amide bonds. The van der Waals surface area contributed by atoms with Crippen LogP contribution in [0.4, 0.5) is 5.69 Å². The lowest BCUT2D eigenvalue weighted by Crippen LogP contribution is -2.51. The third kappa shape index (κ3) is 3.27. The number of aryl methyl sites for hydroxylation is 1. The Labute approximate surface area is 142 Å². The number of nitrogens with zero attached hydrogens (tertiary/aromatic N) is 3. The van der Waals surface area contributed by atoms with Gasteiger partial charge in [-0.1, -0.05) is 17.7 Å². The van der Waals surface area contributed by atoms with Gasteiger partial charge in [-0.3, -0.25) is 14.4 Å². The van der Waals surface area contributed by atoms with E-state index in [2.05, 4.69) is 0 Å². The van der Waals surface area contributed by atoms with Gasteiger partial charge in [0.25, 0.3) is 0 Å². The Kier molecular flexibility index (Phi) is 4.55. The van der Waals surface area contributed by atoms with E-state index < -0.39 is 0 Å². The number of anilines is 1. The fourth-order valence-electron chi connectivity index (χ4n) is 3.35. The minimum Gasteiger partial charge on any atom is -0.339 e. The van der Waals surface area contributed by atoms with Crippen molar-refractivity contribution >= 4 is 23.4 Å². The van der Waals surface area contributed by atoms with Gasteiger partial charge in [-0.15, -0.1) is 0 Å². The Morgan fingerprint density at radius 3 is 2.17 bits per heavy atom. The van der Waals surface area contributed by atoms with Crippen LogP contribution in [0.5, 0.6) is 0 Å². The van der Waals surface area contributed by atoms with Crippen molar-refractivity contribution in [1.29, 1.82) is 0 Å². The van der Waals surface area contributed by atoms with E-state index in [-0.39, 0.29) is 30.1 Å². The van der Waals surface area contributed by atoms with Crippen LogP contribution in [-0.4, -0.2) is 60.2 Å². The van der Waals surface area contributed by atoms with Crippen molar-refractivity contribution in [3.8, 4) is 0 Å². The first kappa shape index (κ1) is 16.5. The van der Waals surface area contributed by atoms with Gasteiger partial charge >= 0.3 is 0 Å². The molecule has 0 aromatic heterocycles. The van der Waals surface area contributed by atoms with Crippen LogP contribution in [0.3, 0.4) is 0 Å². The minimum atomic E-state index is -0.289. The minimum absolute atomic E-state index is 0.000394. The van der Waals surface area contributed by atoms with E-state index in [1.807, 2.05) is 31.2 Å². The molecule has 2 saturated heterocycles. The van der Waals surface area contributed by atoms with Crippen LogP contribution < -0.4 is 4.90 Å². The molecule has 0 saturated carbocycles. The van der Waals surface area contributed by atoms with Gasteiger partial charge < -0.3 is 14.7 Å². The standard InChI is InChI=1S/C18H23N3O3/c1-13-3-5-16(6-4-13)21-12-15(11-17(21)23)18(24)20-9-7-19(8-10-20)14(2)22/h3-6,15H,7-12H2,1-2H3. The molecule has 6 nitrogen and oxygen atoms in total. The molecule has 1 unspecified atom stereocenters. The average molecular weight is 329 g/mol. The van der Waals surface area contributed by atoms with E-state index in [1.165, 1.54) is 0 Å². The average Bonchev–Trinajstić information content (AvgIpc) is 2.97. The molecule has 2 heterocycles. The van der Waals surface area contributed by atoms with Gasteiger partial charge in [-0.05, 0) is 19.1 Å². The van der Waals surface area contributed by atoms with Gasteiger partial charge in [-0.25, -0.2) is 0 Å². The monoisotopic (exact) mass is 329 g/mol. The predicted octanol–water partition coefficient (Wildman–Crippen LogP) is 1.04. The zero-order valence-electron chi connectivity index (χ0n) is 14.2. The second-order valence-electron chi connectivity index (χ2n) is 6.57. The lowest BCUT2D eigenvalue weighted by Gasteiger charge is -2.35. The molecule has 0 N–H and O–H groups in total. The highest BCUT2D eigenvalue weighted by Crippen LogP contribution is 2.26. The lowest BCUT2D eigenvalue weighted by molar-refractivity contribution is -0.141. The molecule has 0 spiro atoms. The fourth-order valence-corrected chi connectivity index (χ4v) is 3.35. The van der Waals surface area contributed by atoms with Gasteiger partial charge in [0, 0.05) is 51.8 Å². The highest BCUT2D eigenvalue weighted by Gasteiger charge is 2.38. The highest BCUT2D eigenvalue weighted by atomic mass is 16.2. The molecule has 0 radical (unpaired) electrons. The topological polar surface area (TPSA) is 60.9 Å². The van der Waals surface area contributed by atoms with Crippen LogP contribution >= 0.6 is 0 Å². The zero-order valence-corrected chi connectivity index (χ0v) is 14.2. The number of piperazine rings is 1. The molecule has 3 rings (SSSR count). The summed E-state index contributed by atoms with van der Waals surface area (Å²) in [6, 6.07) is 7.79. The van der Waals surface area contributed by atoms with Crippen LogP contribution in [0, 0.1) is 12.8 Å². The number of hydrogen-bond acceptors (Lipinski definition) is 3. The first-order valence-electron chi connectivity index (χ1n) is 8.37. The summed E-state index contributed by atoms with van der Waals surface area (Å²) in [5.74, 6) is -0.216. The molecule has 2 aliphatic rings. The first-order chi connectivity index (χ1) is 11.5. The molecule has 2 fully saturated rings. The van der Waals surface area contributed by atoms with Gasteiger partial charge in [-0.2, -0.15) is 0 Å². The van der Waals surface area contributed by atoms with E-state index in [0.29, 0.717) is 32.7 Å². The third-order valence-electron chi connectivity index (χ3n) is 4.86. The quantitative estimate of drug-likeness (QED) is 0.814. The fraction of sp³-hybridized carbons (Fsp3) is 0.500. The van der Waals surface area contributed by atoms with E-state index >= 15 is 0 Å². The molecule has 0 aliphatic carbocycles. The van der Waals surface area contributed by atoms with Crippen LogP contribution in [0.15, 0.2) is 24.3 Å². The van der Waals surface area contributed by atoms with Crippen LogP contribution in [0.2, 0.25) is 0 Å². The molecule has 0 bridgehead atoms. The molecule has 24 heavy (non-hydrogen) atoms. The van der Waals surface area contributed by atoms with Gasteiger partial charge in [0.05, 0.1) is 5.92 Å². The smallest absolute Gasteiger partial charge is 0.228 e. The number of benzene rings is 1. The Bertz CT molecular complexity index is 648. The Balaban J connectivity index is 1.62. The molecule has 2 aliphatic heterocycles. The number of rotatable bonds is 2. The molecular weight excluding hydrogens is 306 g/mol. The van der Waals surface area contributed by atoms with Crippen molar-refractivity contribution in [2.45, 2.75) is 20.3 Å². The highest BCUT2D eigenvalue weighted by molar-refractivity contribution is 6.00. The third-order valence-corrected chi connectivity index (χ3v) is 4.86. The van der Waals surface area contributed by atoms with Crippen molar-refractivity contribution < 1.29 is 14.4 Å². The summed E-state index contributed by atoms with van der Waals surface area (Å²) < 4.78 is 0. The maximum Gasteiger partial charge on any atom is 0.228 e. The molecule has 1 atom stereocenters. The van der Waals surface area contributed by atoms with Crippen LogP contribution in [0.25, 0.3) is 0 Å². The second-order valence-corrected chi connectivity index (χ2v) is 6.57. The summed E-state index contributed by atoms with van der Waals surface area (Å²) >= 11 is 0. The summed E-state index contributed by atoms with van der Waals surface area (Å²) in [5, 5.41) is 0. The second kappa shape index (κ2) is 6.63. The van der Waals surface area contributed by atoms with Crippen LogP contribution in [-0.2, 0) is 14.4 Å². The zero-order chi connectivity index (χ0) is 17.3. The number of hydrogen-bond donors (Lipinski definition) is 0. The molecule has 128 valence electrons. The Morgan fingerprint density at radius 2 is 1.58 bits per heavy atom. The Morgan fingerprint density at radius 1 is 1.00 bits per heavy atom. The molecule has 6 heteroatoms. The largest absolute Gasteiger partial charge is 0.339 e. The molecule has 1 aromatic carbocycles. The van der Waals surface area contributed by atoms with Crippen molar-refractivity contribution in [2.24, 2.45) is 5.92 Å². The summed E-state index contributed by atoms with van der Waals surface area (Å²) in [7, 11) is 0. The molecular formula is C18H23N3O3. The predicted molar refractivity (Wildman–Crippen MR) is 90.5 cm³/mol. The Hall–Kier alpha value is -2.37. The summed E-state index contributed by atoms with van der Waals surface area (Å²) in [5.41, 5.74) is 1.99. The summed E-state index contributed by atoms with van der Waals surface area (Å²) in [6.07, 6.45) is 0.264. The summed E-state index contributed by atoms with van der Waals surface area (Å²) in [6.45, 7) is 6.23. The van der Waals surface area contributed by atoms with Gasteiger partial charge in [0.2, 0.25) is 17.7 Å². The van der Waals surface area contributed by atoms with Gasteiger partial charge in [0.15, 0.2) is 0 Å². The van der Waals surface area contributed by atoms with Gasteiger partial charge in [0.1, 0.15) is 0 Å². The SMILES string of the molecule is CC(=O)N1CCN(C(=O)C2CC(=O)N(c3ccc(C)cc3)C2)CC1. The first-order valence-corrected chi connectivity index (χ1v) is 8.37.